The summed E-state index contributed by atoms with van der Waals surface area (Å²) >= 11 is 0. The zero-order valence-electron chi connectivity index (χ0n) is 26.6. The number of morpholine rings is 1. The Morgan fingerprint density at radius 3 is 2.30 bits per heavy atom. The predicted molar refractivity (Wildman–Crippen MR) is 174 cm³/mol. The van der Waals surface area contributed by atoms with E-state index in [0.29, 0.717) is 30.9 Å². The Balaban J connectivity index is 1.32. The van der Waals surface area contributed by atoms with Crippen LogP contribution in [0.15, 0.2) is 77.7 Å². The minimum atomic E-state index is -4.38. The van der Waals surface area contributed by atoms with E-state index in [0.717, 1.165) is 49.3 Å². The molecule has 2 heterocycles. The number of amides is 1. The van der Waals surface area contributed by atoms with E-state index in [2.05, 4.69) is 22.0 Å². The summed E-state index contributed by atoms with van der Waals surface area (Å²) in [4.78, 5) is 18.1. The monoisotopic (exact) mass is 673 g/mol. The Kier molecular flexibility index (Phi) is 11.0. The minimum Gasteiger partial charge on any atom is -0.394 e. The van der Waals surface area contributed by atoms with Crippen LogP contribution in [0.5, 0.6) is 0 Å². The number of carbonyl (C=O) groups excluding carboxylic acids is 1. The quantitative estimate of drug-likeness (QED) is 0.296. The zero-order chi connectivity index (χ0) is 33.8. The van der Waals surface area contributed by atoms with E-state index in [1.165, 1.54) is 12.1 Å². The lowest BCUT2D eigenvalue weighted by Gasteiger charge is -2.45. The third kappa shape index (κ3) is 8.35. The van der Waals surface area contributed by atoms with Crippen LogP contribution in [0, 0.1) is 0 Å². The molecule has 0 radical (unpaired) electrons. The second kappa shape index (κ2) is 14.8. The fraction of sp³-hybridized carbons (Fsp3) is 0.457. The standard InChI is InChI=1S/C35H42F3N3O5S/c1-3-47(44,45)32-16-9-26(10-17-32)33(22-42)39-34(43)27-6-13-30(14-7-27)41-20-28(25-4-11-29(12-5-25)35(36,37)38)8-15-31(41)21-40-18-19-46-23-24(40)2/h4-7,9-14,16-17,24,28,31,33,42H,3,8,15,18-23H2,1-2H3,(H,39,43)/t24-,28?,31-,33-/m0/s1. The molecular weight excluding hydrogens is 631 g/mol. The second-order valence-corrected chi connectivity index (χ2v) is 14.6. The average molecular weight is 674 g/mol. The van der Waals surface area contributed by atoms with Crippen molar-refractivity contribution in [1.82, 2.24) is 10.2 Å². The number of halogens is 3. The van der Waals surface area contributed by atoms with Crippen molar-refractivity contribution in [3.05, 3.63) is 95.1 Å². The van der Waals surface area contributed by atoms with Gasteiger partial charge < -0.3 is 20.1 Å². The molecule has 2 saturated heterocycles. The smallest absolute Gasteiger partial charge is 0.394 e. The van der Waals surface area contributed by atoms with Crippen molar-refractivity contribution in [2.24, 2.45) is 0 Å². The Morgan fingerprint density at radius 1 is 1.02 bits per heavy atom. The number of rotatable bonds is 10. The molecule has 0 saturated carbocycles. The van der Waals surface area contributed by atoms with Gasteiger partial charge in [0.25, 0.3) is 5.91 Å². The van der Waals surface area contributed by atoms with Crippen molar-refractivity contribution in [3.8, 4) is 0 Å². The number of benzene rings is 3. The summed E-state index contributed by atoms with van der Waals surface area (Å²) in [6, 6.07) is 18.5. The van der Waals surface area contributed by atoms with Crippen LogP contribution in [-0.2, 0) is 20.8 Å². The molecule has 3 aromatic rings. The lowest BCUT2D eigenvalue weighted by Crippen LogP contribution is -2.53. The van der Waals surface area contributed by atoms with Gasteiger partial charge in [-0.25, -0.2) is 8.42 Å². The molecule has 8 nitrogen and oxygen atoms in total. The van der Waals surface area contributed by atoms with E-state index < -0.39 is 27.6 Å². The lowest BCUT2D eigenvalue weighted by atomic mass is 9.86. The first-order valence-corrected chi connectivity index (χ1v) is 17.6. The van der Waals surface area contributed by atoms with Crippen molar-refractivity contribution >= 4 is 21.4 Å². The summed E-state index contributed by atoms with van der Waals surface area (Å²) in [5.74, 6) is -0.369. The van der Waals surface area contributed by atoms with Gasteiger partial charge in [-0.15, -0.1) is 0 Å². The summed E-state index contributed by atoms with van der Waals surface area (Å²) in [6.45, 7) is 6.96. The summed E-state index contributed by atoms with van der Waals surface area (Å²) in [6.07, 6.45) is -2.68. The number of aliphatic hydroxyl groups excluding tert-OH is 1. The highest BCUT2D eigenvalue weighted by Gasteiger charge is 2.34. The molecule has 0 bridgehead atoms. The number of alkyl halides is 3. The number of nitrogens with zero attached hydrogens (tertiary/aromatic N) is 2. The van der Waals surface area contributed by atoms with Crippen LogP contribution in [0.25, 0.3) is 0 Å². The van der Waals surface area contributed by atoms with Gasteiger partial charge >= 0.3 is 6.18 Å². The zero-order valence-corrected chi connectivity index (χ0v) is 27.4. The van der Waals surface area contributed by atoms with Gasteiger partial charge in [-0.1, -0.05) is 31.2 Å². The number of aliphatic hydroxyl groups is 1. The fourth-order valence-electron chi connectivity index (χ4n) is 6.41. The van der Waals surface area contributed by atoms with E-state index >= 15 is 0 Å². The Morgan fingerprint density at radius 2 is 1.70 bits per heavy atom. The third-order valence-electron chi connectivity index (χ3n) is 9.34. The highest BCUT2D eigenvalue weighted by atomic mass is 32.2. The number of anilines is 1. The number of nitrogens with one attached hydrogen (secondary N) is 1. The van der Waals surface area contributed by atoms with Crippen molar-refractivity contribution in [1.29, 1.82) is 0 Å². The molecule has 12 heteroatoms. The molecule has 2 fully saturated rings. The molecule has 2 N–H and O–H groups in total. The van der Waals surface area contributed by atoms with E-state index in [4.69, 9.17) is 4.74 Å². The molecule has 5 rings (SSSR count). The first-order chi connectivity index (χ1) is 22.4. The van der Waals surface area contributed by atoms with E-state index in [9.17, 15) is 31.5 Å². The minimum absolute atomic E-state index is 0.0251. The fourth-order valence-corrected chi connectivity index (χ4v) is 7.29. The summed E-state index contributed by atoms with van der Waals surface area (Å²) in [7, 11) is -3.37. The van der Waals surface area contributed by atoms with Gasteiger partial charge in [0.2, 0.25) is 0 Å². The van der Waals surface area contributed by atoms with Crippen LogP contribution in [0.2, 0.25) is 0 Å². The predicted octanol–water partition coefficient (Wildman–Crippen LogP) is 5.44. The van der Waals surface area contributed by atoms with Gasteiger partial charge in [0.05, 0.1) is 42.1 Å². The highest BCUT2D eigenvalue weighted by Crippen LogP contribution is 2.36. The molecule has 0 aliphatic carbocycles. The molecule has 1 amide bonds. The molecule has 1 unspecified atom stereocenters. The molecule has 4 atom stereocenters. The van der Waals surface area contributed by atoms with E-state index in [1.54, 1.807) is 43.3 Å². The number of sulfone groups is 1. The van der Waals surface area contributed by atoms with Crippen LogP contribution in [0.1, 0.15) is 65.7 Å². The number of ether oxygens (including phenoxy) is 1. The lowest BCUT2D eigenvalue weighted by molar-refractivity contribution is -0.137. The van der Waals surface area contributed by atoms with Crippen molar-refractivity contribution in [3.63, 3.8) is 0 Å². The number of carbonyl (C=O) groups is 1. The van der Waals surface area contributed by atoms with Crippen LogP contribution < -0.4 is 10.2 Å². The molecule has 2 aliphatic heterocycles. The maximum atomic E-state index is 13.2. The molecule has 0 spiro atoms. The van der Waals surface area contributed by atoms with Crippen LogP contribution in [0.4, 0.5) is 18.9 Å². The Bertz CT molecular complexity index is 1600. The van der Waals surface area contributed by atoms with Gasteiger partial charge in [-0.3, -0.25) is 9.69 Å². The van der Waals surface area contributed by atoms with Crippen molar-refractivity contribution in [2.75, 3.05) is 50.1 Å². The summed E-state index contributed by atoms with van der Waals surface area (Å²) in [5, 5.41) is 12.8. The molecule has 2 aliphatic rings. The number of hydrogen-bond acceptors (Lipinski definition) is 7. The maximum absolute atomic E-state index is 13.2. The first kappa shape index (κ1) is 34.9. The highest BCUT2D eigenvalue weighted by molar-refractivity contribution is 7.91. The molecule has 254 valence electrons. The van der Waals surface area contributed by atoms with Crippen molar-refractivity contribution < 1.29 is 36.2 Å². The number of hydrogen-bond donors (Lipinski definition) is 2. The van der Waals surface area contributed by atoms with Gasteiger partial charge in [0, 0.05) is 48.9 Å². The van der Waals surface area contributed by atoms with Gasteiger partial charge in [-0.2, -0.15) is 13.2 Å². The molecule has 3 aromatic carbocycles. The third-order valence-corrected chi connectivity index (χ3v) is 11.1. The van der Waals surface area contributed by atoms with E-state index in [-0.39, 0.29) is 41.2 Å². The second-order valence-electron chi connectivity index (χ2n) is 12.3. The Hall–Kier alpha value is -3.45. The van der Waals surface area contributed by atoms with Gasteiger partial charge in [0.1, 0.15) is 0 Å². The molecule has 47 heavy (non-hydrogen) atoms. The summed E-state index contributed by atoms with van der Waals surface area (Å²) < 4.78 is 69.5. The largest absolute Gasteiger partial charge is 0.416 e. The van der Waals surface area contributed by atoms with Crippen molar-refractivity contribution in [2.45, 2.75) is 61.8 Å². The van der Waals surface area contributed by atoms with Gasteiger partial charge in [0.15, 0.2) is 9.84 Å². The van der Waals surface area contributed by atoms with Gasteiger partial charge in [-0.05, 0) is 79.4 Å². The van der Waals surface area contributed by atoms with Crippen LogP contribution in [-0.4, -0.2) is 81.6 Å². The SMILES string of the molecule is CCS(=O)(=O)c1ccc([C@H](CO)NC(=O)c2ccc(N3CC(c4ccc(C(F)(F)F)cc4)CC[C@H]3CN3CCOC[C@@H]3C)cc2)cc1. The number of piperidine rings is 1. The summed E-state index contributed by atoms with van der Waals surface area (Å²) in [5.41, 5.74) is 2.09. The van der Waals surface area contributed by atoms with Crippen LogP contribution >= 0.6 is 0 Å². The van der Waals surface area contributed by atoms with Crippen LogP contribution in [0.3, 0.4) is 0 Å². The normalized spacial score (nSPS) is 21.7. The topological polar surface area (TPSA) is 99.2 Å². The van der Waals surface area contributed by atoms with E-state index in [1.807, 2.05) is 12.1 Å². The average Bonchev–Trinajstić information content (AvgIpc) is 3.08. The maximum Gasteiger partial charge on any atom is 0.416 e. The first-order valence-electron chi connectivity index (χ1n) is 16.0. The molecule has 0 aromatic heterocycles. The molecular formula is C35H42F3N3O5S. The Labute approximate surface area is 274 Å².